The van der Waals surface area contributed by atoms with Crippen LogP contribution in [-0.4, -0.2) is 37.1 Å². The molecule has 2 aliphatic rings. The number of nitrogens with zero attached hydrogens (tertiary/aromatic N) is 1. The van der Waals surface area contributed by atoms with Crippen molar-refractivity contribution in [3.63, 3.8) is 0 Å². The van der Waals surface area contributed by atoms with E-state index in [2.05, 4.69) is 17.1 Å². The van der Waals surface area contributed by atoms with Crippen molar-refractivity contribution in [3.05, 3.63) is 0 Å². The number of rotatable bonds is 11. The second-order valence-corrected chi connectivity index (χ2v) is 7.40. The number of hydrogen-bond donors (Lipinski definition) is 1. The topological polar surface area (TPSA) is 15.3 Å². The van der Waals surface area contributed by atoms with Crippen molar-refractivity contribution < 1.29 is 0 Å². The Morgan fingerprint density at radius 1 is 0.857 bits per heavy atom. The first-order valence-electron chi connectivity index (χ1n) is 9.86. The molecule has 2 fully saturated rings. The summed E-state index contributed by atoms with van der Waals surface area (Å²) in [4.78, 5) is 2.72. The molecule has 2 saturated heterocycles. The van der Waals surface area contributed by atoms with Gasteiger partial charge in [0.1, 0.15) is 0 Å². The summed E-state index contributed by atoms with van der Waals surface area (Å²) in [5, 5.41) is 3.71. The van der Waals surface area contributed by atoms with Crippen LogP contribution >= 0.6 is 0 Å². The van der Waals surface area contributed by atoms with Crippen LogP contribution in [0, 0.1) is 5.92 Å². The van der Waals surface area contributed by atoms with Gasteiger partial charge in [-0.2, -0.15) is 0 Å². The molecule has 2 heterocycles. The van der Waals surface area contributed by atoms with Gasteiger partial charge in [-0.15, -0.1) is 0 Å². The highest BCUT2D eigenvalue weighted by molar-refractivity contribution is 4.91. The van der Waals surface area contributed by atoms with E-state index in [1.165, 1.54) is 103 Å². The van der Waals surface area contributed by atoms with Gasteiger partial charge in [-0.05, 0) is 38.3 Å². The van der Waals surface area contributed by atoms with E-state index < -0.39 is 0 Å². The van der Waals surface area contributed by atoms with Crippen molar-refractivity contribution in [2.45, 2.75) is 90.0 Å². The lowest BCUT2D eigenvalue weighted by atomic mass is 9.94. The summed E-state index contributed by atoms with van der Waals surface area (Å²) in [7, 11) is 0. The summed E-state index contributed by atoms with van der Waals surface area (Å²) in [5.41, 5.74) is 0. The summed E-state index contributed by atoms with van der Waals surface area (Å²) in [6.45, 7) is 7.60. The highest BCUT2D eigenvalue weighted by Crippen LogP contribution is 2.25. The zero-order valence-corrected chi connectivity index (χ0v) is 14.4. The van der Waals surface area contributed by atoms with Crippen LogP contribution in [0.1, 0.15) is 84.0 Å². The third kappa shape index (κ3) is 6.69. The molecule has 2 atom stereocenters. The quantitative estimate of drug-likeness (QED) is 0.561. The molecule has 2 nitrogen and oxygen atoms in total. The predicted molar refractivity (Wildman–Crippen MR) is 92.8 cm³/mol. The van der Waals surface area contributed by atoms with Gasteiger partial charge in [0.15, 0.2) is 0 Å². The Labute approximate surface area is 133 Å². The third-order valence-corrected chi connectivity index (χ3v) is 5.50. The first kappa shape index (κ1) is 17.3. The molecule has 0 aliphatic carbocycles. The molecule has 0 aromatic rings. The van der Waals surface area contributed by atoms with E-state index in [0.29, 0.717) is 0 Å². The molecule has 0 radical (unpaired) electrons. The van der Waals surface area contributed by atoms with Gasteiger partial charge in [0, 0.05) is 19.1 Å². The highest BCUT2D eigenvalue weighted by atomic mass is 15.2. The first-order chi connectivity index (χ1) is 10.4. The minimum atomic E-state index is 0.821. The molecule has 2 unspecified atom stereocenters. The maximum atomic E-state index is 3.71. The second-order valence-electron chi connectivity index (χ2n) is 7.40. The molecule has 2 aliphatic heterocycles. The van der Waals surface area contributed by atoms with E-state index in [4.69, 9.17) is 0 Å². The van der Waals surface area contributed by atoms with Gasteiger partial charge in [0.05, 0.1) is 0 Å². The van der Waals surface area contributed by atoms with Crippen molar-refractivity contribution in [2.24, 2.45) is 5.92 Å². The fourth-order valence-electron chi connectivity index (χ4n) is 4.14. The van der Waals surface area contributed by atoms with E-state index >= 15 is 0 Å². The average Bonchev–Trinajstić information content (AvgIpc) is 2.92. The smallest absolute Gasteiger partial charge is 0.0235 e. The van der Waals surface area contributed by atoms with Crippen LogP contribution in [0.25, 0.3) is 0 Å². The third-order valence-electron chi connectivity index (χ3n) is 5.50. The average molecular weight is 295 g/mol. The summed E-state index contributed by atoms with van der Waals surface area (Å²) in [6.07, 6.45) is 17.4. The normalized spacial score (nSPS) is 26.1. The standard InChI is InChI=1S/C19H38N2/c1-2-3-4-5-6-7-8-9-10-11-15-21-16-18-13-12-14-20-19(18)17-21/h18-20H,2-17H2,1H3. The Morgan fingerprint density at radius 2 is 1.52 bits per heavy atom. The number of piperidine rings is 1. The van der Waals surface area contributed by atoms with Gasteiger partial charge in [0.25, 0.3) is 0 Å². The van der Waals surface area contributed by atoms with Gasteiger partial charge < -0.3 is 10.2 Å². The number of hydrogen-bond acceptors (Lipinski definition) is 2. The molecule has 2 rings (SSSR count). The molecular formula is C19H38N2. The Kier molecular flexibility index (Phi) is 8.73. The zero-order chi connectivity index (χ0) is 14.8. The fourth-order valence-corrected chi connectivity index (χ4v) is 4.14. The molecule has 0 aromatic carbocycles. The SMILES string of the molecule is CCCCCCCCCCCCN1CC2CCCNC2C1. The van der Waals surface area contributed by atoms with E-state index in [9.17, 15) is 0 Å². The van der Waals surface area contributed by atoms with E-state index in [0.717, 1.165) is 12.0 Å². The molecule has 21 heavy (non-hydrogen) atoms. The van der Waals surface area contributed by atoms with Gasteiger partial charge in [-0.1, -0.05) is 64.7 Å². The molecule has 0 amide bonds. The molecular weight excluding hydrogens is 256 g/mol. The van der Waals surface area contributed by atoms with Crippen LogP contribution in [-0.2, 0) is 0 Å². The molecule has 1 N–H and O–H groups in total. The van der Waals surface area contributed by atoms with Crippen molar-refractivity contribution in [3.8, 4) is 0 Å². The van der Waals surface area contributed by atoms with Crippen molar-refractivity contribution in [1.29, 1.82) is 0 Å². The second kappa shape index (κ2) is 10.6. The fraction of sp³-hybridized carbons (Fsp3) is 1.00. The molecule has 0 aromatic heterocycles. The zero-order valence-electron chi connectivity index (χ0n) is 14.4. The molecule has 2 heteroatoms. The Morgan fingerprint density at radius 3 is 2.19 bits per heavy atom. The summed E-state index contributed by atoms with van der Waals surface area (Å²) in [6, 6.07) is 0.821. The molecule has 0 saturated carbocycles. The minimum absolute atomic E-state index is 0.821. The lowest BCUT2D eigenvalue weighted by Gasteiger charge is -2.24. The van der Waals surface area contributed by atoms with Gasteiger partial charge >= 0.3 is 0 Å². The lowest BCUT2D eigenvalue weighted by molar-refractivity contribution is 0.311. The monoisotopic (exact) mass is 294 g/mol. The maximum Gasteiger partial charge on any atom is 0.0235 e. The number of likely N-dealkylation sites (tertiary alicyclic amines) is 1. The van der Waals surface area contributed by atoms with Gasteiger partial charge in [-0.3, -0.25) is 0 Å². The van der Waals surface area contributed by atoms with Crippen LogP contribution in [0.4, 0.5) is 0 Å². The van der Waals surface area contributed by atoms with Crippen molar-refractivity contribution in [2.75, 3.05) is 26.2 Å². The maximum absolute atomic E-state index is 3.71. The van der Waals surface area contributed by atoms with Crippen LogP contribution in [0.2, 0.25) is 0 Å². The molecule has 124 valence electrons. The van der Waals surface area contributed by atoms with E-state index in [-0.39, 0.29) is 0 Å². The van der Waals surface area contributed by atoms with Gasteiger partial charge in [0.2, 0.25) is 0 Å². The lowest BCUT2D eigenvalue weighted by Crippen LogP contribution is -2.40. The van der Waals surface area contributed by atoms with Crippen LogP contribution in [0.5, 0.6) is 0 Å². The van der Waals surface area contributed by atoms with Crippen molar-refractivity contribution >= 4 is 0 Å². The van der Waals surface area contributed by atoms with E-state index in [1.54, 1.807) is 0 Å². The number of unbranched alkanes of at least 4 members (excludes halogenated alkanes) is 9. The molecule has 0 bridgehead atoms. The van der Waals surface area contributed by atoms with Gasteiger partial charge in [-0.25, -0.2) is 0 Å². The van der Waals surface area contributed by atoms with Crippen LogP contribution in [0.3, 0.4) is 0 Å². The minimum Gasteiger partial charge on any atom is -0.312 e. The van der Waals surface area contributed by atoms with E-state index in [1.807, 2.05) is 0 Å². The highest BCUT2D eigenvalue weighted by Gasteiger charge is 2.33. The summed E-state index contributed by atoms with van der Waals surface area (Å²) in [5.74, 6) is 0.960. The first-order valence-corrected chi connectivity index (χ1v) is 9.86. The van der Waals surface area contributed by atoms with Crippen molar-refractivity contribution in [1.82, 2.24) is 10.2 Å². The Bertz CT molecular complexity index is 240. The van der Waals surface area contributed by atoms with Crippen LogP contribution < -0.4 is 5.32 Å². The summed E-state index contributed by atoms with van der Waals surface area (Å²) >= 11 is 0. The largest absolute Gasteiger partial charge is 0.312 e. The summed E-state index contributed by atoms with van der Waals surface area (Å²) < 4.78 is 0. The number of fused-ring (bicyclic) bond motifs is 1. The predicted octanol–water partition coefficient (Wildman–Crippen LogP) is 4.59. The molecule has 0 spiro atoms. The van der Waals surface area contributed by atoms with Crippen LogP contribution in [0.15, 0.2) is 0 Å². The Hall–Kier alpha value is -0.0800. The Balaban J connectivity index is 1.37. The number of nitrogens with one attached hydrogen (secondary N) is 1.